The predicted octanol–water partition coefficient (Wildman–Crippen LogP) is 4.40. The van der Waals surface area contributed by atoms with Gasteiger partial charge in [0.2, 0.25) is 0 Å². The van der Waals surface area contributed by atoms with E-state index in [4.69, 9.17) is 11.6 Å². The quantitative estimate of drug-likeness (QED) is 0.644. The summed E-state index contributed by atoms with van der Waals surface area (Å²) < 4.78 is 30.8. The number of aryl methyl sites for hydroxylation is 1. The number of aliphatic hydroxyl groups is 1. The van der Waals surface area contributed by atoms with E-state index in [1.807, 2.05) is 12.1 Å². The summed E-state index contributed by atoms with van der Waals surface area (Å²) in [6.45, 7) is 0.0338. The molecule has 1 saturated heterocycles. The SMILES string of the molecule is O=S1CCc2nc(N=S3(=O)CCC(c4ccc(Cl)cc4)CC3)cc(NC3(CO)CCC3)c21. The first-order valence-electron chi connectivity index (χ1n) is 11.2. The first-order chi connectivity index (χ1) is 15.4. The number of aromatic nitrogens is 1. The van der Waals surface area contributed by atoms with Crippen LogP contribution < -0.4 is 5.32 Å². The van der Waals surface area contributed by atoms with Crippen molar-refractivity contribution in [2.75, 3.05) is 29.2 Å². The van der Waals surface area contributed by atoms with Gasteiger partial charge in [0, 0.05) is 34.8 Å². The number of rotatable bonds is 5. The zero-order valence-corrected chi connectivity index (χ0v) is 20.3. The van der Waals surface area contributed by atoms with Crippen LogP contribution in [0.15, 0.2) is 39.6 Å². The van der Waals surface area contributed by atoms with Crippen LogP contribution in [0.4, 0.5) is 11.5 Å². The van der Waals surface area contributed by atoms with Crippen molar-refractivity contribution in [3.8, 4) is 0 Å². The third-order valence-corrected chi connectivity index (χ3v) is 11.0. The Morgan fingerprint density at radius 2 is 1.97 bits per heavy atom. The fourth-order valence-corrected chi connectivity index (χ4v) is 8.47. The largest absolute Gasteiger partial charge is 0.394 e. The molecule has 2 N–H and O–H groups in total. The number of aliphatic hydroxyl groups excluding tert-OH is 1. The summed E-state index contributed by atoms with van der Waals surface area (Å²) >= 11 is 6.00. The molecule has 1 atom stereocenters. The Hall–Kier alpha value is -1.48. The maximum atomic E-state index is 13.5. The van der Waals surface area contributed by atoms with E-state index >= 15 is 0 Å². The molecule has 0 bridgehead atoms. The van der Waals surface area contributed by atoms with Crippen LogP contribution in [0, 0.1) is 0 Å². The van der Waals surface area contributed by atoms with Crippen molar-refractivity contribution in [2.45, 2.75) is 54.9 Å². The molecular formula is C23H28ClN3O3S2. The number of hydrogen-bond acceptors (Lipinski definition) is 6. The molecule has 1 aromatic heterocycles. The smallest absolute Gasteiger partial charge is 0.163 e. The van der Waals surface area contributed by atoms with Crippen LogP contribution in [-0.2, 0) is 26.9 Å². The van der Waals surface area contributed by atoms with Crippen LogP contribution in [0.2, 0.25) is 5.02 Å². The minimum absolute atomic E-state index is 0.0338. The Bertz CT molecular complexity index is 1150. The van der Waals surface area contributed by atoms with Gasteiger partial charge < -0.3 is 10.4 Å². The van der Waals surface area contributed by atoms with Crippen molar-refractivity contribution >= 4 is 43.6 Å². The summed E-state index contributed by atoms with van der Waals surface area (Å²) in [6.07, 6.45) is 5.08. The average molecular weight is 494 g/mol. The zero-order valence-electron chi connectivity index (χ0n) is 17.9. The van der Waals surface area contributed by atoms with Crippen molar-refractivity contribution in [3.63, 3.8) is 0 Å². The van der Waals surface area contributed by atoms with Gasteiger partial charge in [-0.05, 0) is 55.7 Å². The zero-order chi connectivity index (χ0) is 22.3. The second-order valence-electron chi connectivity index (χ2n) is 9.12. The fourth-order valence-electron chi connectivity index (χ4n) is 4.87. The van der Waals surface area contributed by atoms with E-state index < -0.39 is 20.5 Å². The van der Waals surface area contributed by atoms with Gasteiger partial charge in [0.25, 0.3) is 0 Å². The van der Waals surface area contributed by atoms with Gasteiger partial charge in [-0.15, -0.1) is 0 Å². The van der Waals surface area contributed by atoms with Crippen molar-refractivity contribution in [3.05, 3.63) is 46.6 Å². The van der Waals surface area contributed by atoms with Gasteiger partial charge in [-0.2, -0.15) is 4.36 Å². The van der Waals surface area contributed by atoms with E-state index in [9.17, 15) is 13.5 Å². The molecule has 1 saturated carbocycles. The Kier molecular flexibility index (Phi) is 6.07. The van der Waals surface area contributed by atoms with Gasteiger partial charge in [0.05, 0.1) is 49.0 Å². The number of pyridine rings is 1. The molecule has 0 radical (unpaired) electrons. The Morgan fingerprint density at radius 3 is 2.59 bits per heavy atom. The molecule has 32 heavy (non-hydrogen) atoms. The molecule has 6 nitrogen and oxygen atoms in total. The fraction of sp³-hybridized carbons (Fsp3) is 0.522. The molecular weight excluding hydrogens is 466 g/mol. The topological polar surface area (TPSA) is 91.7 Å². The van der Waals surface area contributed by atoms with E-state index in [2.05, 4.69) is 26.8 Å². The molecule has 2 fully saturated rings. The molecule has 1 unspecified atom stereocenters. The summed E-state index contributed by atoms with van der Waals surface area (Å²) in [4.78, 5) is 5.36. The minimum Gasteiger partial charge on any atom is -0.394 e. The summed E-state index contributed by atoms with van der Waals surface area (Å²) in [6, 6.07) is 9.70. The van der Waals surface area contributed by atoms with Gasteiger partial charge in [-0.25, -0.2) is 9.19 Å². The molecule has 0 spiro atoms. The number of anilines is 1. The summed E-state index contributed by atoms with van der Waals surface area (Å²) in [7, 11) is -3.50. The number of hydrogen-bond donors (Lipinski definition) is 2. The lowest BCUT2D eigenvalue weighted by molar-refractivity contribution is 0.144. The maximum absolute atomic E-state index is 13.5. The van der Waals surface area contributed by atoms with Crippen molar-refractivity contribution < 1.29 is 13.5 Å². The average Bonchev–Trinajstić information content (AvgIpc) is 3.12. The normalized spacial score (nSPS) is 28.6. The second kappa shape index (κ2) is 8.70. The highest BCUT2D eigenvalue weighted by Crippen LogP contribution is 2.40. The van der Waals surface area contributed by atoms with Gasteiger partial charge >= 0.3 is 0 Å². The standard InChI is InChI=1S/C23H28ClN3O3S2/c24-18-4-2-16(3-5-18)17-7-12-32(30,13-8-17)27-21-14-20(26-23(15-28)9-1-10-23)22-19(25-21)6-11-31(22)29/h2-5,14,17,28H,1,6-13,15H2,(H,25,26). The maximum Gasteiger partial charge on any atom is 0.163 e. The van der Waals surface area contributed by atoms with E-state index in [0.29, 0.717) is 35.4 Å². The molecule has 1 aromatic carbocycles. The third kappa shape index (κ3) is 4.34. The summed E-state index contributed by atoms with van der Waals surface area (Å²) in [5.41, 5.74) is 2.38. The lowest BCUT2D eigenvalue weighted by Crippen LogP contribution is -2.48. The van der Waals surface area contributed by atoms with Crippen LogP contribution in [0.3, 0.4) is 0 Å². The van der Waals surface area contributed by atoms with E-state index in [-0.39, 0.29) is 12.1 Å². The number of fused-ring (bicyclic) bond motifs is 1. The summed E-state index contributed by atoms with van der Waals surface area (Å²) in [5.74, 6) is 2.44. The Morgan fingerprint density at radius 1 is 1.25 bits per heavy atom. The van der Waals surface area contributed by atoms with Crippen LogP contribution in [0.1, 0.15) is 49.3 Å². The lowest BCUT2D eigenvalue weighted by atomic mass is 9.77. The van der Waals surface area contributed by atoms with Gasteiger partial charge in [-0.3, -0.25) is 4.21 Å². The molecule has 0 amide bonds. The Balaban J connectivity index is 1.41. The molecule has 1 aliphatic carbocycles. The van der Waals surface area contributed by atoms with Gasteiger partial charge in [0.15, 0.2) is 5.82 Å². The Labute approximate surface area is 196 Å². The van der Waals surface area contributed by atoms with Crippen molar-refractivity contribution in [1.82, 2.24) is 4.98 Å². The molecule has 2 aromatic rings. The molecule has 3 heterocycles. The van der Waals surface area contributed by atoms with E-state index in [1.54, 1.807) is 6.07 Å². The number of benzene rings is 1. The number of nitrogens with one attached hydrogen (secondary N) is 1. The van der Waals surface area contributed by atoms with Gasteiger partial charge in [0.1, 0.15) is 0 Å². The first kappa shape index (κ1) is 22.3. The molecule has 3 aliphatic rings. The monoisotopic (exact) mass is 493 g/mol. The first-order valence-corrected chi connectivity index (χ1v) is 14.7. The second-order valence-corrected chi connectivity index (χ2v) is 13.6. The highest BCUT2D eigenvalue weighted by molar-refractivity contribution is 7.93. The van der Waals surface area contributed by atoms with Crippen LogP contribution in [0.25, 0.3) is 0 Å². The highest BCUT2D eigenvalue weighted by atomic mass is 35.5. The summed E-state index contributed by atoms with van der Waals surface area (Å²) in [5, 5.41) is 14.1. The van der Waals surface area contributed by atoms with E-state index in [1.165, 1.54) is 5.56 Å². The van der Waals surface area contributed by atoms with Crippen LogP contribution in [-0.4, -0.2) is 47.9 Å². The molecule has 5 rings (SSSR count). The van der Waals surface area contributed by atoms with Crippen LogP contribution in [0.5, 0.6) is 0 Å². The number of nitrogens with zero attached hydrogens (tertiary/aromatic N) is 2. The van der Waals surface area contributed by atoms with Crippen molar-refractivity contribution in [1.29, 1.82) is 0 Å². The predicted molar refractivity (Wildman–Crippen MR) is 130 cm³/mol. The third-order valence-electron chi connectivity index (χ3n) is 6.97. The van der Waals surface area contributed by atoms with Crippen molar-refractivity contribution in [2.24, 2.45) is 4.36 Å². The highest BCUT2D eigenvalue weighted by Gasteiger charge is 2.38. The van der Waals surface area contributed by atoms with Gasteiger partial charge in [-0.1, -0.05) is 23.7 Å². The molecule has 2 aliphatic heterocycles. The molecule has 172 valence electrons. The van der Waals surface area contributed by atoms with E-state index in [0.717, 1.165) is 53.4 Å². The minimum atomic E-state index is -2.40. The number of halogens is 1. The molecule has 9 heteroatoms. The lowest BCUT2D eigenvalue weighted by Gasteiger charge is -2.42. The van der Waals surface area contributed by atoms with Crippen LogP contribution >= 0.6 is 11.6 Å².